The zero-order valence-corrected chi connectivity index (χ0v) is 17.9. The number of rotatable bonds is 5. The molecule has 1 fully saturated rings. The largest absolute Gasteiger partial charge is 0.378 e. The lowest BCUT2D eigenvalue weighted by Crippen LogP contribution is -2.36. The number of ether oxygens (including phenoxy) is 1. The molecule has 0 radical (unpaired) electrons. The summed E-state index contributed by atoms with van der Waals surface area (Å²) in [6.07, 6.45) is 1.95. The van der Waals surface area contributed by atoms with Gasteiger partial charge >= 0.3 is 0 Å². The van der Waals surface area contributed by atoms with E-state index in [1.54, 1.807) is 18.7 Å². The Bertz CT molecular complexity index is 1090. The van der Waals surface area contributed by atoms with Crippen LogP contribution in [0.3, 0.4) is 0 Å². The van der Waals surface area contributed by atoms with Gasteiger partial charge in [-0.2, -0.15) is 11.8 Å². The van der Waals surface area contributed by atoms with Crippen molar-refractivity contribution in [2.45, 2.75) is 12.7 Å². The van der Waals surface area contributed by atoms with Gasteiger partial charge in [0, 0.05) is 24.5 Å². The van der Waals surface area contributed by atoms with E-state index in [-0.39, 0.29) is 11.5 Å². The van der Waals surface area contributed by atoms with Gasteiger partial charge in [-0.25, -0.2) is 4.98 Å². The number of nitrogens with one attached hydrogen (secondary N) is 2. The summed E-state index contributed by atoms with van der Waals surface area (Å²) in [5.41, 5.74) is 2.30. The van der Waals surface area contributed by atoms with Gasteiger partial charge in [-0.1, -0.05) is 0 Å². The van der Waals surface area contributed by atoms with Crippen molar-refractivity contribution in [2.75, 3.05) is 42.8 Å². The van der Waals surface area contributed by atoms with E-state index in [0.29, 0.717) is 37.9 Å². The van der Waals surface area contributed by atoms with E-state index in [0.717, 1.165) is 32.0 Å². The Hall–Kier alpha value is -2.36. The van der Waals surface area contributed by atoms with Crippen molar-refractivity contribution >= 4 is 50.6 Å². The number of H-pyrrole nitrogens is 1. The average molecular weight is 431 g/mol. The quantitative estimate of drug-likeness (QED) is 0.646. The van der Waals surface area contributed by atoms with Crippen molar-refractivity contribution in [1.82, 2.24) is 9.97 Å². The molecule has 2 aromatic heterocycles. The molecule has 0 bridgehead atoms. The van der Waals surface area contributed by atoms with Gasteiger partial charge < -0.3 is 19.9 Å². The van der Waals surface area contributed by atoms with Crippen LogP contribution in [-0.2, 0) is 10.5 Å². The second kappa shape index (κ2) is 8.56. The van der Waals surface area contributed by atoms with Crippen molar-refractivity contribution in [3.8, 4) is 0 Å². The molecule has 2 N–H and O–H groups in total. The number of fused-ring (bicyclic) bond motifs is 1. The van der Waals surface area contributed by atoms with Crippen LogP contribution in [0.4, 0.5) is 11.4 Å². The molecular weight excluding hydrogens is 408 g/mol. The standard InChI is InChI=1S/C20H22N4O3S2/c1-12-16-18(25)22-15(11-28-2)23-20(16)29-17(12)19(26)21-13-3-5-14(6-4-13)24-7-9-27-10-8-24/h3-6H,7-11H2,1-2H3,(H,21,26)(H,22,23,25). The SMILES string of the molecule is CSCc1nc2sc(C(=O)Nc3ccc(N4CCOCC4)cc3)c(C)c2c(=O)[nH]1. The highest BCUT2D eigenvalue weighted by atomic mass is 32.2. The molecule has 0 aliphatic carbocycles. The van der Waals surface area contributed by atoms with Gasteiger partial charge in [-0.15, -0.1) is 11.3 Å². The van der Waals surface area contributed by atoms with Gasteiger partial charge in [-0.05, 0) is 43.0 Å². The van der Waals surface area contributed by atoms with Crippen LogP contribution in [0.2, 0.25) is 0 Å². The number of benzene rings is 1. The Kier molecular flexibility index (Phi) is 5.89. The van der Waals surface area contributed by atoms with Gasteiger partial charge in [-0.3, -0.25) is 9.59 Å². The third-order valence-electron chi connectivity index (χ3n) is 4.84. The normalized spacial score (nSPS) is 14.3. The van der Waals surface area contributed by atoms with Crippen molar-refractivity contribution in [1.29, 1.82) is 0 Å². The summed E-state index contributed by atoms with van der Waals surface area (Å²) >= 11 is 2.84. The Labute approximate surface area is 176 Å². The zero-order chi connectivity index (χ0) is 20.4. The fourth-order valence-corrected chi connectivity index (χ4v) is 4.88. The van der Waals surface area contributed by atoms with Gasteiger partial charge in [0.1, 0.15) is 10.7 Å². The average Bonchev–Trinajstić information content (AvgIpc) is 3.06. The lowest BCUT2D eigenvalue weighted by Gasteiger charge is -2.28. The van der Waals surface area contributed by atoms with E-state index in [1.807, 2.05) is 30.5 Å². The first kappa shape index (κ1) is 19.9. The number of aromatic nitrogens is 2. The number of carbonyl (C=O) groups excluding carboxylic acids is 1. The maximum absolute atomic E-state index is 12.8. The van der Waals surface area contributed by atoms with Gasteiger partial charge in [0.25, 0.3) is 11.5 Å². The molecule has 152 valence electrons. The smallest absolute Gasteiger partial charge is 0.266 e. The summed E-state index contributed by atoms with van der Waals surface area (Å²) < 4.78 is 5.38. The Morgan fingerprint density at radius 1 is 1.31 bits per heavy atom. The van der Waals surface area contributed by atoms with E-state index in [9.17, 15) is 9.59 Å². The van der Waals surface area contributed by atoms with E-state index in [2.05, 4.69) is 20.2 Å². The van der Waals surface area contributed by atoms with Crippen molar-refractivity contribution < 1.29 is 9.53 Å². The van der Waals surface area contributed by atoms with E-state index >= 15 is 0 Å². The highest BCUT2D eigenvalue weighted by Crippen LogP contribution is 2.28. The molecule has 9 heteroatoms. The zero-order valence-electron chi connectivity index (χ0n) is 16.3. The number of thiophene rings is 1. The first-order valence-corrected chi connectivity index (χ1v) is 11.5. The first-order valence-electron chi connectivity index (χ1n) is 9.32. The highest BCUT2D eigenvalue weighted by molar-refractivity contribution is 7.97. The Morgan fingerprint density at radius 2 is 2.03 bits per heavy atom. The molecule has 7 nitrogen and oxygen atoms in total. The maximum Gasteiger partial charge on any atom is 0.266 e. The number of carbonyl (C=O) groups is 1. The molecule has 4 rings (SSSR count). The summed E-state index contributed by atoms with van der Waals surface area (Å²) in [7, 11) is 0. The molecule has 1 aliphatic heterocycles. The molecule has 0 atom stereocenters. The van der Waals surface area contributed by atoms with Crippen molar-refractivity contribution in [2.24, 2.45) is 0 Å². The van der Waals surface area contributed by atoms with Crippen molar-refractivity contribution in [3.05, 3.63) is 50.9 Å². The minimum atomic E-state index is -0.226. The third-order valence-corrected chi connectivity index (χ3v) is 6.58. The minimum Gasteiger partial charge on any atom is -0.378 e. The molecule has 0 saturated carbocycles. The lowest BCUT2D eigenvalue weighted by atomic mass is 10.2. The molecule has 1 saturated heterocycles. The second-order valence-electron chi connectivity index (χ2n) is 6.78. The van der Waals surface area contributed by atoms with Crippen LogP contribution in [0.5, 0.6) is 0 Å². The van der Waals surface area contributed by atoms with Gasteiger partial charge in [0.15, 0.2) is 0 Å². The van der Waals surface area contributed by atoms with E-state index in [1.165, 1.54) is 11.3 Å². The molecule has 1 aliphatic rings. The fourth-order valence-electron chi connectivity index (χ4n) is 3.38. The molecular formula is C20H22N4O3S2. The van der Waals surface area contributed by atoms with Crippen LogP contribution in [0.1, 0.15) is 21.1 Å². The van der Waals surface area contributed by atoms with Crippen LogP contribution < -0.4 is 15.8 Å². The summed E-state index contributed by atoms with van der Waals surface area (Å²) in [4.78, 5) is 36.0. The van der Waals surface area contributed by atoms with Gasteiger partial charge in [0.05, 0.1) is 29.2 Å². The molecule has 0 unspecified atom stereocenters. The molecule has 0 spiro atoms. The number of morpholine rings is 1. The van der Waals surface area contributed by atoms with Crippen molar-refractivity contribution in [3.63, 3.8) is 0 Å². The van der Waals surface area contributed by atoms with E-state index in [4.69, 9.17) is 4.74 Å². The number of aryl methyl sites for hydroxylation is 1. The predicted molar refractivity (Wildman–Crippen MR) is 120 cm³/mol. The number of anilines is 2. The summed E-state index contributed by atoms with van der Waals surface area (Å²) in [5, 5.41) is 3.43. The molecule has 1 aromatic carbocycles. The monoisotopic (exact) mass is 430 g/mol. The lowest BCUT2D eigenvalue weighted by molar-refractivity contribution is 0.103. The molecule has 29 heavy (non-hydrogen) atoms. The summed E-state index contributed by atoms with van der Waals surface area (Å²) in [5.74, 6) is 1.02. The molecule has 3 heterocycles. The third kappa shape index (κ3) is 4.17. The molecule has 3 aromatic rings. The topological polar surface area (TPSA) is 87.3 Å². The number of nitrogens with zero attached hydrogens (tertiary/aromatic N) is 2. The van der Waals surface area contributed by atoms with Crippen LogP contribution in [-0.4, -0.2) is 48.4 Å². The van der Waals surface area contributed by atoms with E-state index < -0.39 is 0 Å². The summed E-state index contributed by atoms with van der Waals surface area (Å²) in [6.45, 7) is 4.99. The molecule has 1 amide bonds. The fraction of sp³-hybridized carbons (Fsp3) is 0.350. The Balaban J connectivity index is 1.55. The number of hydrogen-bond acceptors (Lipinski definition) is 7. The van der Waals surface area contributed by atoms with Crippen LogP contribution in [0.25, 0.3) is 10.2 Å². The minimum absolute atomic E-state index is 0.193. The van der Waals surface area contributed by atoms with Crippen LogP contribution in [0, 0.1) is 6.92 Å². The van der Waals surface area contributed by atoms with Crippen LogP contribution >= 0.6 is 23.1 Å². The predicted octanol–water partition coefficient (Wildman–Crippen LogP) is 3.24. The first-order chi connectivity index (χ1) is 14.1. The highest BCUT2D eigenvalue weighted by Gasteiger charge is 2.19. The maximum atomic E-state index is 12.8. The van der Waals surface area contributed by atoms with Gasteiger partial charge in [0.2, 0.25) is 0 Å². The number of amides is 1. The number of aromatic amines is 1. The second-order valence-corrected chi connectivity index (χ2v) is 8.65. The number of thioether (sulfide) groups is 1. The van der Waals surface area contributed by atoms with Crippen LogP contribution in [0.15, 0.2) is 29.1 Å². The number of hydrogen-bond donors (Lipinski definition) is 2. The Morgan fingerprint density at radius 3 is 2.72 bits per heavy atom. The summed E-state index contributed by atoms with van der Waals surface area (Å²) in [6, 6.07) is 7.79.